The third kappa shape index (κ3) is 3.30. The Balaban J connectivity index is 3.09. The molecule has 0 N–H and O–H groups in total. The summed E-state index contributed by atoms with van der Waals surface area (Å²) < 4.78 is 13.3. The van der Waals surface area contributed by atoms with Crippen LogP contribution in [0.3, 0.4) is 0 Å². The smallest absolute Gasteiger partial charge is 0.123 e. The predicted molar refractivity (Wildman–Crippen MR) is 75.1 cm³/mol. The van der Waals surface area contributed by atoms with Gasteiger partial charge in [-0.05, 0) is 30.0 Å². The van der Waals surface area contributed by atoms with Crippen molar-refractivity contribution in [2.75, 3.05) is 10.7 Å². The van der Waals surface area contributed by atoms with Gasteiger partial charge in [-0.2, -0.15) is 0 Å². The minimum Gasteiger partial charge on any atom is -0.207 e. The van der Waals surface area contributed by atoms with Gasteiger partial charge in [0.2, 0.25) is 0 Å². The van der Waals surface area contributed by atoms with E-state index in [-0.39, 0.29) is 11.2 Å². The summed E-state index contributed by atoms with van der Waals surface area (Å²) in [5.41, 5.74) is 1.05. The third-order valence-corrected chi connectivity index (χ3v) is 4.89. The molecular weight excluding hydrogens is 335 g/mol. The van der Waals surface area contributed by atoms with Gasteiger partial charge in [0.25, 0.3) is 0 Å². The molecule has 16 heavy (non-hydrogen) atoms. The average Bonchev–Trinajstić information content (AvgIpc) is 2.25. The van der Waals surface area contributed by atoms with Crippen molar-refractivity contribution in [2.45, 2.75) is 25.7 Å². The Morgan fingerprint density at radius 2 is 1.88 bits per heavy atom. The SMILES string of the molecule is CC(C)CC(CBr)(CBr)c1cccc(F)c1. The van der Waals surface area contributed by atoms with Gasteiger partial charge in [-0.3, -0.25) is 0 Å². The second-order valence-corrected chi connectivity index (χ2v) is 5.78. The molecule has 90 valence electrons. The summed E-state index contributed by atoms with van der Waals surface area (Å²) in [6.45, 7) is 4.39. The van der Waals surface area contributed by atoms with E-state index in [4.69, 9.17) is 0 Å². The Morgan fingerprint density at radius 1 is 1.25 bits per heavy atom. The van der Waals surface area contributed by atoms with E-state index in [0.29, 0.717) is 5.92 Å². The first-order chi connectivity index (χ1) is 7.54. The maximum Gasteiger partial charge on any atom is 0.123 e. The number of hydrogen-bond donors (Lipinski definition) is 0. The molecule has 0 fully saturated rings. The van der Waals surface area contributed by atoms with Crippen LogP contribution in [0.1, 0.15) is 25.8 Å². The van der Waals surface area contributed by atoms with Gasteiger partial charge in [-0.25, -0.2) is 4.39 Å². The highest BCUT2D eigenvalue weighted by atomic mass is 79.9. The lowest BCUT2D eigenvalue weighted by molar-refractivity contribution is 0.415. The van der Waals surface area contributed by atoms with Crippen molar-refractivity contribution in [3.63, 3.8) is 0 Å². The Morgan fingerprint density at radius 3 is 2.31 bits per heavy atom. The van der Waals surface area contributed by atoms with Gasteiger partial charge in [0, 0.05) is 16.1 Å². The molecule has 0 aliphatic heterocycles. The van der Waals surface area contributed by atoms with Crippen molar-refractivity contribution in [3.8, 4) is 0 Å². The van der Waals surface area contributed by atoms with E-state index in [0.717, 1.165) is 22.6 Å². The van der Waals surface area contributed by atoms with Crippen molar-refractivity contribution < 1.29 is 4.39 Å². The molecule has 0 spiro atoms. The Kier molecular flexibility index (Phi) is 5.45. The summed E-state index contributed by atoms with van der Waals surface area (Å²) >= 11 is 7.14. The fraction of sp³-hybridized carbons (Fsp3) is 0.538. The Bertz CT molecular complexity index is 332. The molecule has 0 heterocycles. The fourth-order valence-corrected chi connectivity index (χ4v) is 4.05. The van der Waals surface area contributed by atoms with Gasteiger partial charge in [0.05, 0.1) is 0 Å². The van der Waals surface area contributed by atoms with Crippen molar-refractivity contribution in [3.05, 3.63) is 35.6 Å². The van der Waals surface area contributed by atoms with Crippen molar-refractivity contribution in [2.24, 2.45) is 5.92 Å². The molecule has 0 radical (unpaired) electrons. The Hall–Kier alpha value is 0.110. The minimum atomic E-state index is -0.160. The van der Waals surface area contributed by atoms with Crippen LogP contribution in [0.15, 0.2) is 24.3 Å². The lowest BCUT2D eigenvalue weighted by Gasteiger charge is -2.32. The molecule has 0 bridgehead atoms. The zero-order valence-electron chi connectivity index (χ0n) is 9.64. The van der Waals surface area contributed by atoms with Crippen LogP contribution in [0, 0.1) is 11.7 Å². The lowest BCUT2D eigenvalue weighted by Crippen LogP contribution is -2.32. The normalized spacial score (nSPS) is 12.1. The molecule has 0 aliphatic rings. The van der Waals surface area contributed by atoms with Crippen LogP contribution in [0.2, 0.25) is 0 Å². The van der Waals surface area contributed by atoms with E-state index in [9.17, 15) is 4.39 Å². The first-order valence-electron chi connectivity index (χ1n) is 5.42. The van der Waals surface area contributed by atoms with E-state index < -0.39 is 0 Å². The van der Waals surface area contributed by atoms with Gasteiger partial charge in [-0.1, -0.05) is 57.8 Å². The summed E-state index contributed by atoms with van der Waals surface area (Å²) in [5, 5.41) is 1.68. The topological polar surface area (TPSA) is 0 Å². The van der Waals surface area contributed by atoms with Crippen LogP contribution in [0.5, 0.6) is 0 Å². The maximum atomic E-state index is 13.3. The quantitative estimate of drug-likeness (QED) is 0.662. The molecule has 3 heteroatoms. The maximum absolute atomic E-state index is 13.3. The van der Waals surface area contributed by atoms with Gasteiger partial charge in [0.15, 0.2) is 0 Å². The van der Waals surface area contributed by atoms with Crippen LogP contribution in [-0.2, 0) is 5.41 Å². The van der Waals surface area contributed by atoms with Crippen molar-refractivity contribution in [1.29, 1.82) is 0 Å². The van der Waals surface area contributed by atoms with Crippen LogP contribution in [0.25, 0.3) is 0 Å². The highest BCUT2D eigenvalue weighted by molar-refractivity contribution is 9.09. The van der Waals surface area contributed by atoms with Gasteiger partial charge in [-0.15, -0.1) is 0 Å². The second-order valence-electron chi connectivity index (χ2n) is 4.66. The summed E-state index contributed by atoms with van der Waals surface area (Å²) in [5.74, 6) is 0.422. The van der Waals surface area contributed by atoms with E-state index >= 15 is 0 Å². The number of rotatable bonds is 5. The molecule has 1 aromatic rings. The average molecular weight is 352 g/mol. The summed E-state index contributed by atoms with van der Waals surface area (Å²) in [7, 11) is 0. The molecule has 0 saturated heterocycles. The largest absolute Gasteiger partial charge is 0.207 e. The number of alkyl halides is 2. The summed E-state index contributed by atoms with van der Waals surface area (Å²) in [6, 6.07) is 6.93. The fourth-order valence-electron chi connectivity index (χ4n) is 2.02. The van der Waals surface area contributed by atoms with Crippen molar-refractivity contribution >= 4 is 31.9 Å². The summed E-state index contributed by atoms with van der Waals surface area (Å²) in [4.78, 5) is 0. The van der Waals surface area contributed by atoms with Gasteiger partial charge >= 0.3 is 0 Å². The first kappa shape index (κ1) is 14.2. The van der Waals surface area contributed by atoms with E-state index in [1.165, 1.54) is 6.07 Å². The van der Waals surface area contributed by atoms with Crippen LogP contribution >= 0.6 is 31.9 Å². The molecule has 0 amide bonds. The molecule has 0 saturated carbocycles. The molecule has 0 aliphatic carbocycles. The van der Waals surface area contributed by atoms with Crippen LogP contribution in [0.4, 0.5) is 4.39 Å². The van der Waals surface area contributed by atoms with E-state index in [1.807, 2.05) is 6.07 Å². The van der Waals surface area contributed by atoms with E-state index in [1.54, 1.807) is 12.1 Å². The van der Waals surface area contributed by atoms with E-state index in [2.05, 4.69) is 45.7 Å². The highest BCUT2D eigenvalue weighted by Crippen LogP contribution is 2.35. The predicted octanol–water partition coefficient (Wildman–Crippen LogP) is 4.90. The number of halogens is 3. The highest BCUT2D eigenvalue weighted by Gasteiger charge is 2.31. The minimum absolute atomic E-state index is 0.0176. The molecule has 0 unspecified atom stereocenters. The standard InChI is InChI=1S/C13H17Br2F/c1-10(2)7-13(8-14,9-15)11-4-3-5-12(16)6-11/h3-6,10H,7-9H2,1-2H3. The monoisotopic (exact) mass is 350 g/mol. The number of benzene rings is 1. The molecule has 0 nitrogen and oxygen atoms in total. The van der Waals surface area contributed by atoms with Gasteiger partial charge < -0.3 is 0 Å². The van der Waals surface area contributed by atoms with Crippen molar-refractivity contribution in [1.82, 2.24) is 0 Å². The Labute approximate surface area is 114 Å². The van der Waals surface area contributed by atoms with Gasteiger partial charge in [0.1, 0.15) is 5.82 Å². The first-order valence-corrected chi connectivity index (χ1v) is 7.66. The number of hydrogen-bond acceptors (Lipinski definition) is 0. The van der Waals surface area contributed by atoms with Crippen LogP contribution in [-0.4, -0.2) is 10.7 Å². The molecule has 1 rings (SSSR count). The molecule has 1 aromatic carbocycles. The second kappa shape index (κ2) is 6.15. The van der Waals surface area contributed by atoms with Crippen LogP contribution < -0.4 is 0 Å². The molecular formula is C13H17Br2F. The lowest BCUT2D eigenvalue weighted by atomic mass is 9.78. The zero-order valence-corrected chi connectivity index (χ0v) is 12.8. The summed E-state index contributed by atoms with van der Waals surface area (Å²) in [6.07, 6.45) is 1.03. The molecule has 0 aromatic heterocycles. The zero-order chi connectivity index (χ0) is 12.2. The molecule has 0 atom stereocenters. The third-order valence-electron chi connectivity index (χ3n) is 2.75.